The molecular formula is C16H18N2O3. The summed E-state index contributed by atoms with van der Waals surface area (Å²) in [5.74, 6) is -0.456. The van der Waals surface area contributed by atoms with E-state index in [9.17, 15) is 4.79 Å². The van der Waals surface area contributed by atoms with Crippen molar-refractivity contribution >= 4 is 16.9 Å². The van der Waals surface area contributed by atoms with Crippen LogP contribution in [-0.4, -0.2) is 47.2 Å². The number of carboxylic acids is 1. The van der Waals surface area contributed by atoms with Gasteiger partial charge in [0.1, 0.15) is 12.4 Å². The minimum absolute atomic E-state index is 0.0132. The standard InChI is InChI=1S/C16H18N2O3/c1-18(11-6-7-11)8-9-21-15-10-14(16(19)20)17-13-5-3-2-4-12(13)15/h2-5,10-11H,6-9H2,1H3,(H,19,20). The summed E-state index contributed by atoms with van der Waals surface area (Å²) in [5.41, 5.74) is 0.655. The van der Waals surface area contributed by atoms with Crippen molar-refractivity contribution in [3.8, 4) is 5.75 Å². The molecule has 1 saturated carbocycles. The molecule has 1 aromatic carbocycles. The Morgan fingerprint density at radius 1 is 1.43 bits per heavy atom. The largest absolute Gasteiger partial charge is 0.491 e. The number of hydrogen-bond donors (Lipinski definition) is 1. The van der Waals surface area contributed by atoms with Crippen molar-refractivity contribution in [2.24, 2.45) is 0 Å². The summed E-state index contributed by atoms with van der Waals surface area (Å²) in [6.07, 6.45) is 2.52. The van der Waals surface area contributed by atoms with E-state index in [1.807, 2.05) is 18.2 Å². The molecule has 1 aromatic heterocycles. The van der Waals surface area contributed by atoms with Gasteiger partial charge in [-0.1, -0.05) is 12.1 Å². The van der Waals surface area contributed by atoms with E-state index in [0.717, 1.165) is 11.9 Å². The molecule has 5 heteroatoms. The number of carbonyl (C=O) groups is 1. The fourth-order valence-corrected chi connectivity index (χ4v) is 2.37. The number of likely N-dealkylation sites (N-methyl/N-ethyl adjacent to an activating group) is 1. The number of nitrogens with zero attached hydrogens (tertiary/aromatic N) is 2. The number of aromatic nitrogens is 1. The van der Waals surface area contributed by atoms with Gasteiger partial charge >= 0.3 is 5.97 Å². The Hall–Kier alpha value is -2.14. The van der Waals surface area contributed by atoms with Crippen LogP contribution in [0.3, 0.4) is 0 Å². The second-order valence-corrected chi connectivity index (χ2v) is 5.39. The minimum atomic E-state index is -1.04. The molecule has 110 valence electrons. The first-order valence-corrected chi connectivity index (χ1v) is 7.11. The fraction of sp³-hybridized carbons (Fsp3) is 0.375. The zero-order valence-corrected chi connectivity index (χ0v) is 12.0. The number of carboxylic acid groups (broad SMARTS) is 1. The van der Waals surface area contributed by atoms with Crippen molar-refractivity contribution in [3.63, 3.8) is 0 Å². The molecule has 0 aliphatic heterocycles. The Morgan fingerprint density at radius 2 is 2.19 bits per heavy atom. The van der Waals surface area contributed by atoms with Gasteiger partial charge in [0.25, 0.3) is 0 Å². The molecule has 0 atom stereocenters. The highest BCUT2D eigenvalue weighted by atomic mass is 16.5. The highest BCUT2D eigenvalue weighted by Gasteiger charge is 2.25. The van der Waals surface area contributed by atoms with E-state index in [-0.39, 0.29) is 5.69 Å². The van der Waals surface area contributed by atoms with Crippen LogP contribution < -0.4 is 4.74 Å². The number of para-hydroxylation sites is 1. The van der Waals surface area contributed by atoms with E-state index in [1.165, 1.54) is 18.9 Å². The molecule has 0 saturated heterocycles. The minimum Gasteiger partial charge on any atom is -0.491 e. The van der Waals surface area contributed by atoms with Crippen LogP contribution in [0.1, 0.15) is 23.3 Å². The Kier molecular flexibility index (Phi) is 3.75. The van der Waals surface area contributed by atoms with Crippen molar-refractivity contribution in [2.75, 3.05) is 20.2 Å². The molecule has 1 N–H and O–H groups in total. The summed E-state index contributed by atoms with van der Waals surface area (Å²) in [5, 5.41) is 9.98. The van der Waals surface area contributed by atoms with E-state index < -0.39 is 5.97 Å². The molecule has 0 bridgehead atoms. The van der Waals surface area contributed by atoms with Gasteiger partial charge in [0.05, 0.1) is 5.52 Å². The van der Waals surface area contributed by atoms with E-state index in [2.05, 4.69) is 16.9 Å². The molecule has 0 amide bonds. The first-order valence-electron chi connectivity index (χ1n) is 7.11. The topological polar surface area (TPSA) is 62.7 Å². The lowest BCUT2D eigenvalue weighted by Crippen LogP contribution is -2.26. The van der Waals surface area contributed by atoms with E-state index in [0.29, 0.717) is 23.9 Å². The summed E-state index contributed by atoms with van der Waals surface area (Å²) >= 11 is 0. The molecule has 1 heterocycles. The van der Waals surface area contributed by atoms with Crippen molar-refractivity contribution in [1.29, 1.82) is 0 Å². The lowest BCUT2D eigenvalue weighted by molar-refractivity contribution is 0.0690. The van der Waals surface area contributed by atoms with Gasteiger partial charge < -0.3 is 14.7 Å². The highest BCUT2D eigenvalue weighted by Crippen LogP contribution is 2.27. The van der Waals surface area contributed by atoms with Gasteiger partial charge in [-0.15, -0.1) is 0 Å². The van der Waals surface area contributed by atoms with E-state index in [1.54, 1.807) is 6.07 Å². The number of benzene rings is 1. The van der Waals surface area contributed by atoms with Crippen LogP contribution in [-0.2, 0) is 0 Å². The van der Waals surface area contributed by atoms with Crippen molar-refractivity contribution in [1.82, 2.24) is 9.88 Å². The summed E-state index contributed by atoms with van der Waals surface area (Å²) < 4.78 is 5.81. The molecule has 3 rings (SSSR count). The molecule has 0 unspecified atom stereocenters. The van der Waals surface area contributed by atoms with Gasteiger partial charge in [-0.05, 0) is 32.0 Å². The maximum Gasteiger partial charge on any atom is 0.354 e. The Bertz CT molecular complexity index is 668. The Morgan fingerprint density at radius 3 is 2.90 bits per heavy atom. The highest BCUT2D eigenvalue weighted by molar-refractivity contribution is 5.93. The summed E-state index contributed by atoms with van der Waals surface area (Å²) in [6, 6.07) is 9.62. The molecule has 2 aromatic rings. The molecule has 0 spiro atoms. The number of ether oxygens (including phenoxy) is 1. The Labute approximate surface area is 123 Å². The lowest BCUT2D eigenvalue weighted by Gasteiger charge is -2.16. The average molecular weight is 286 g/mol. The van der Waals surface area contributed by atoms with Gasteiger partial charge in [-0.25, -0.2) is 9.78 Å². The van der Waals surface area contributed by atoms with E-state index >= 15 is 0 Å². The molecule has 0 radical (unpaired) electrons. The lowest BCUT2D eigenvalue weighted by atomic mass is 10.2. The average Bonchev–Trinajstić information content (AvgIpc) is 3.31. The van der Waals surface area contributed by atoms with Crippen molar-refractivity contribution in [2.45, 2.75) is 18.9 Å². The Balaban J connectivity index is 1.80. The van der Waals surface area contributed by atoms with Gasteiger partial charge in [-0.3, -0.25) is 0 Å². The van der Waals surface area contributed by atoms with Crippen LogP contribution in [0.5, 0.6) is 5.75 Å². The van der Waals surface area contributed by atoms with Crippen LogP contribution in [0, 0.1) is 0 Å². The molecule has 5 nitrogen and oxygen atoms in total. The van der Waals surface area contributed by atoms with Crippen molar-refractivity contribution in [3.05, 3.63) is 36.0 Å². The first kappa shape index (κ1) is 13.8. The van der Waals surface area contributed by atoms with Gasteiger partial charge in [-0.2, -0.15) is 0 Å². The summed E-state index contributed by atoms with van der Waals surface area (Å²) in [4.78, 5) is 17.6. The van der Waals surface area contributed by atoms with Crippen LogP contribution in [0.25, 0.3) is 10.9 Å². The smallest absolute Gasteiger partial charge is 0.354 e. The predicted octanol–water partition coefficient (Wildman–Crippen LogP) is 2.41. The number of fused-ring (bicyclic) bond motifs is 1. The van der Waals surface area contributed by atoms with Crippen LogP contribution in [0.4, 0.5) is 0 Å². The first-order chi connectivity index (χ1) is 10.1. The molecule has 1 aliphatic carbocycles. The number of rotatable bonds is 6. The van der Waals surface area contributed by atoms with Gasteiger partial charge in [0.2, 0.25) is 0 Å². The van der Waals surface area contributed by atoms with Gasteiger partial charge in [0, 0.05) is 24.0 Å². The monoisotopic (exact) mass is 286 g/mol. The summed E-state index contributed by atoms with van der Waals surface area (Å²) in [7, 11) is 2.09. The maximum absolute atomic E-state index is 11.2. The van der Waals surface area contributed by atoms with Crippen LogP contribution >= 0.6 is 0 Å². The van der Waals surface area contributed by atoms with Gasteiger partial charge in [0.15, 0.2) is 5.69 Å². The molecular weight excluding hydrogens is 268 g/mol. The predicted molar refractivity (Wildman–Crippen MR) is 79.8 cm³/mol. The second-order valence-electron chi connectivity index (χ2n) is 5.39. The quantitative estimate of drug-likeness (QED) is 0.883. The third-order valence-corrected chi connectivity index (χ3v) is 3.77. The number of pyridine rings is 1. The van der Waals surface area contributed by atoms with Crippen LogP contribution in [0.15, 0.2) is 30.3 Å². The second kappa shape index (κ2) is 5.69. The molecule has 1 fully saturated rings. The third kappa shape index (κ3) is 3.13. The van der Waals surface area contributed by atoms with Crippen molar-refractivity contribution < 1.29 is 14.6 Å². The number of aromatic carboxylic acids is 1. The fourth-order valence-electron chi connectivity index (χ4n) is 2.37. The molecule has 1 aliphatic rings. The number of hydrogen-bond acceptors (Lipinski definition) is 4. The van der Waals surface area contributed by atoms with E-state index in [4.69, 9.17) is 9.84 Å². The zero-order chi connectivity index (χ0) is 14.8. The SMILES string of the molecule is CN(CCOc1cc(C(=O)O)nc2ccccc12)C1CC1. The summed E-state index contributed by atoms with van der Waals surface area (Å²) in [6.45, 7) is 1.38. The maximum atomic E-state index is 11.2. The zero-order valence-electron chi connectivity index (χ0n) is 12.0. The third-order valence-electron chi connectivity index (χ3n) is 3.77. The van der Waals surface area contributed by atoms with Crippen LogP contribution in [0.2, 0.25) is 0 Å². The normalized spacial score (nSPS) is 14.6. The molecule has 21 heavy (non-hydrogen) atoms.